The largest absolute Gasteiger partial charge is 0.508 e. The van der Waals surface area contributed by atoms with Gasteiger partial charge in [0.2, 0.25) is 0 Å². The van der Waals surface area contributed by atoms with E-state index in [-0.39, 0.29) is 23.1 Å². The minimum absolute atomic E-state index is 0.0524. The number of phenolic OH excluding ortho intramolecular Hbond substituents is 1. The number of aromatic hydroxyl groups is 1. The van der Waals surface area contributed by atoms with E-state index in [1.807, 2.05) is 80.7 Å². The van der Waals surface area contributed by atoms with Gasteiger partial charge in [-0.15, -0.1) is 0 Å². The minimum atomic E-state index is -4.34. The van der Waals surface area contributed by atoms with E-state index in [4.69, 9.17) is 12.2 Å². The van der Waals surface area contributed by atoms with Crippen LogP contribution in [-0.2, 0) is 4.57 Å². The number of benzene rings is 4. The Labute approximate surface area is 251 Å². The molecule has 9 heteroatoms. The molecule has 4 aromatic carbocycles. The number of aliphatic hydroxyl groups is 1. The zero-order chi connectivity index (χ0) is 30.0. The zero-order valence-corrected chi connectivity index (χ0v) is 25.2. The maximum absolute atomic E-state index is 11.6. The first-order valence-electron chi connectivity index (χ1n) is 13.9. The third kappa shape index (κ3) is 6.28. The molecule has 1 fully saturated rings. The van der Waals surface area contributed by atoms with Gasteiger partial charge in [0.15, 0.2) is 5.11 Å². The predicted molar refractivity (Wildman–Crippen MR) is 171 cm³/mol. The van der Waals surface area contributed by atoms with Crippen LogP contribution in [0.15, 0.2) is 97.1 Å². The number of thiocarbonyl (C=S) groups is 1. The van der Waals surface area contributed by atoms with E-state index in [0.717, 1.165) is 46.3 Å². The van der Waals surface area contributed by atoms with Gasteiger partial charge in [-0.1, -0.05) is 72.3 Å². The lowest BCUT2D eigenvalue weighted by molar-refractivity contribution is 0.159. The molecule has 4 aromatic rings. The summed E-state index contributed by atoms with van der Waals surface area (Å²) in [4.78, 5) is 23.0. The first kappa shape index (κ1) is 30.0. The molecule has 218 valence electrons. The molecule has 42 heavy (non-hydrogen) atoms. The monoisotopic (exact) mass is 602 g/mol. The lowest BCUT2D eigenvalue weighted by Gasteiger charge is -2.29. The van der Waals surface area contributed by atoms with E-state index in [2.05, 4.69) is 9.80 Å². The van der Waals surface area contributed by atoms with Crippen LogP contribution in [0.1, 0.15) is 48.1 Å². The fourth-order valence-corrected chi connectivity index (χ4v) is 6.56. The maximum Gasteiger partial charge on any atom is 0.356 e. The number of phenols is 1. The van der Waals surface area contributed by atoms with Crippen LogP contribution in [0.3, 0.4) is 0 Å². The number of hydrogen-bond donors (Lipinski definition) is 4. The van der Waals surface area contributed by atoms with Crippen molar-refractivity contribution in [2.24, 2.45) is 0 Å². The van der Waals surface area contributed by atoms with E-state index in [9.17, 15) is 24.6 Å². The van der Waals surface area contributed by atoms with Crippen molar-refractivity contribution < 1.29 is 24.6 Å². The van der Waals surface area contributed by atoms with E-state index in [1.54, 1.807) is 18.2 Å². The summed E-state index contributed by atoms with van der Waals surface area (Å²) in [5.74, 6) is 0.111. The number of likely N-dealkylation sites (N-methyl/N-ethyl adjacent to an activating group) is 1. The molecule has 0 aliphatic carbocycles. The van der Waals surface area contributed by atoms with Crippen LogP contribution in [0.4, 0.5) is 5.69 Å². The van der Waals surface area contributed by atoms with Gasteiger partial charge in [0.1, 0.15) is 5.75 Å². The lowest BCUT2D eigenvalue weighted by atomic mass is 9.91. The summed E-state index contributed by atoms with van der Waals surface area (Å²) in [6.45, 7) is 2.03. The van der Waals surface area contributed by atoms with E-state index >= 15 is 0 Å². The van der Waals surface area contributed by atoms with Crippen molar-refractivity contribution in [1.82, 2.24) is 4.90 Å². The molecule has 0 spiro atoms. The van der Waals surface area contributed by atoms with Gasteiger partial charge >= 0.3 is 7.60 Å². The van der Waals surface area contributed by atoms with Gasteiger partial charge in [-0.25, -0.2) is 0 Å². The Kier molecular flexibility index (Phi) is 8.83. The third-order valence-electron chi connectivity index (χ3n) is 8.01. The van der Waals surface area contributed by atoms with Gasteiger partial charge in [-0.2, -0.15) is 0 Å². The van der Waals surface area contributed by atoms with Crippen LogP contribution < -0.4 is 10.2 Å². The van der Waals surface area contributed by atoms with Crippen molar-refractivity contribution in [3.05, 3.63) is 114 Å². The third-order valence-corrected chi connectivity index (χ3v) is 9.46. The summed E-state index contributed by atoms with van der Waals surface area (Å²) in [6.07, 6.45) is 1.56. The SMILES string of the molecule is Cc1ccc(C(O)CCCC2C(c3ccc(-c4ccc(P(=O)(O)O)cc4)cc3O)N(c3ccccc3)C(=S)N2C)cc1. The Morgan fingerprint density at radius 3 is 2.17 bits per heavy atom. The summed E-state index contributed by atoms with van der Waals surface area (Å²) in [5.41, 5.74) is 5.17. The van der Waals surface area contributed by atoms with E-state index in [1.165, 1.54) is 12.1 Å². The summed E-state index contributed by atoms with van der Waals surface area (Å²) in [6, 6.07) is 29.1. The highest BCUT2D eigenvalue weighted by Crippen LogP contribution is 2.44. The van der Waals surface area contributed by atoms with Crippen LogP contribution in [0.25, 0.3) is 11.1 Å². The summed E-state index contributed by atoms with van der Waals surface area (Å²) in [5, 5.41) is 22.8. The molecule has 4 N–H and O–H groups in total. The quantitative estimate of drug-likeness (QED) is 0.132. The first-order chi connectivity index (χ1) is 20.0. The van der Waals surface area contributed by atoms with Crippen molar-refractivity contribution in [2.45, 2.75) is 44.4 Å². The average Bonchev–Trinajstić information content (AvgIpc) is 3.22. The fourth-order valence-electron chi connectivity index (χ4n) is 5.67. The average molecular weight is 603 g/mol. The molecule has 0 amide bonds. The number of rotatable bonds is 9. The van der Waals surface area contributed by atoms with Crippen molar-refractivity contribution >= 4 is 35.9 Å². The smallest absolute Gasteiger partial charge is 0.356 e. The number of para-hydroxylation sites is 1. The van der Waals surface area contributed by atoms with Gasteiger partial charge in [0.05, 0.1) is 23.5 Å². The zero-order valence-electron chi connectivity index (χ0n) is 23.5. The van der Waals surface area contributed by atoms with Crippen molar-refractivity contribution in [2.75, 3.05) is 11.9 Å². The van der Waals surface area contributed by atoms with Crippen LogP contribution in [0, 0.1) is 6.92 Å². The number of anilines is 1. The van der Waals surface area contributed by atoms with Crippen molar-refractivity contribution in [3.8, 4) is 16.9 Å². The second-order valence-corrected chi connectivity index (χ2v) is 12.8. The Morgan fingerprint density at radius 2 is 1.55 bits per heavy atom. The first-order valence-corrected chi connectivity index (χ1v) is 15.9. The van der Waals surface area contributed by atoms with Gasteiger partial charge in [-0.05, 0) is 85.4 Å². The highest BCUT2D eigenvalue weighted by Gasteiger charge is 2.43. The second-order valence-electron chi connectivity index (χ2n) is 10.8. The predicted octanol–water partition coefficient (Wildman–Crippen LogP) is 6.22. The van der Waals surface area contributed by atoms with Crippen LogP contribution in [-0.4, -0.2) is 43.1 Å². The highest BCUT2D eigenvalue weighted by atomic mass is 32.1. The van der Waals surface area contributed by atoms with Crippen LogP contribution in [0.5, 0.6) is 5.75 Å². The Balaban J connectivity index is 1.43. The Hall–Kier alpha value is -3.52. The number of hydrogen-bond acceptors (Lipinski definition) is 4. The normalized spacial score (nSPS) is 18.0. The van der Waals surface area contributed by atoms with Gasteiger partial charge in [-0.3, -0.25) is 4.57 Å². The highest BCUT2D eigenvalue weighted by molar-refractivity contribution is 7.80. The summed E-state index contributed by atoms with van der Waals surface area (Å²) < 4.78 is 11.6. The molecular formula is C33H35N2O5PS. The number of aliphatic hydroxyl groups excluding tert-OH is 1. The number of aryl methyl sites for hydroxylation is 1. The minimum Gasteiger partial charge on any atom is -0.508 e. The molecule has 1 saturated heterocycles. The fraction of sp³-hybridized carbons (Fsp3) is 0.242. The summed E-state index contributed by atoms with van der Waals surface area (Å²) in [7, 11) is -2.36. The molecule has 1 aliphatic rings. The molecule has 0 bridgehead atoms. The lowest BCUT2D eigenvalue weighted by Crippen LogP contribution is -2.30. The van der Waals surface area contributed by atoms with E-state index < -0.39 is 13.7 Å². The molecule has 1 aliphatic heterocycles. The molecule has 5 rings (SSSR count). The Bertz CT molecular complexity index is 1590. The van der Waals surface area contributed by atoms with Crippen LogP contribution >= 0.6 is 19.8 Å². The molecule has 7 nitrogen and oxygen atoms in total. The molecule has 0 saturated carbocycles. The molecule has 3 atom stereocenters. The van der Waals surface area contributed by atoms with Gasteiger partial charge in [0, 0.05) is 18.3 Å². The molecule has 0 radical (unpaired) electrons. The van der Waals surface area contributed by atoms with Gasteiger partial charge in [0.25, 0.3) is 0 Å². The van der Waals surface area contributed by atoms with Crippen molar-refractivity contribution in [3.63, 3.8) is 0 Å². The van der Waals surface area contributed by atoms with Gasteiger partial charge < -0.3 is 29.8 Å². The molecule has 3 unspecified atom stereocenters. The molecule has 0 aromatic heterocycles. The van der Waals surface area contributed by atoms with Crippen molar-refractivity contribution in [1.29, 1.82) is 0 Å². The maximum atomic E-state index is 11.6. The van der Waals surface area contributed by atoms with E-state index in [0.29, 0.717) is 11.5 Å². The summed E-state index contributed by atoms with van der Waals surface area (Å²) >= 11 is 5.93. The molecule has 1 heterocycles. The molecular weight excluding hydrogens is 567 g/mol. The van der Waals surface area contributed by atoms with Crippen LogP contribution in [0.2, 0.25) is 0 Å². The Morgan fingerprint density at radius 1 is 0.905 bits per heavy atom. The topological polar surface area (TPSA) is 104 Å². The standard InChI is InChI=1S/C33H35N2O5PS/c1-22-11-13-24(14-12-22)30(36)10-6-9-29-32(35(33(42)34(29)2)26-7-4-3-5-8-26)28-20-17-25(21-31(28)37)23-15-18-27(19-16-23)41(38,39)40/h3-5,7-8,11-21,29-30,32,36-37H,6,9-10H2,1-2H3,(H2,38,39,40). The second kappa shape index (κ2) is 12.4. The number of nitrogens with zero attached hydrogens (tertiary/aromatic N) is 2.